The van der Waals surface area contributed by atoms with Crippen LogP contribution in [0.3, 0.4) is 0 Å². The lowest BCUT2D eigenvalue weighted by Crippen LogP contribution is -2.09. The summed E-state index contributed by atoms with van der Waals surface area (Å²) >= 11 is 0. The highest BCUT2D eigenvalue weighted by atomic mass is 16.5. The molecule has 0 N–H and O–H groups in total. The van der Waals surface area contributed by atoms with Crippen LogP contribution in [0.2, 0.25) is 0 Å². The van der Waals surface area contributed by atoms with Crippen molar-refractivity contribution < 1.29 is 9.53 Å². The summed E-state index contributed by atoms with van der Waals surface area (Å²) in [5.74, 6) is 3.23. The molecule has 0 aliphatic heterocycles. The molecule has 0 spiro atoms. The molecule has 0 saturated carbocycles. The van der Waals surface area contributed by atoms with Crippen molar-refractivity contribution in [2.75, 3.05) is 6.61 Å². The first-order valence-corrected chi connectivity index (χ1v) is 17.5. The van der Waals surface area contributed by atoms with E-state index in [9.17, 15) is 4.79 Å². The Balaban J connectivity index is 3.54. The first-order chi connectivity index (χ1) is 19.3. The third kappa shape index (κ3) is 29.7. The number of hydrogen-bond acceptors (Lipinski definition) is 2. The van der Waals surface area contributed by atoms with E-state index in [0.29, 0.717) is 18.9 Å². The van der Waals surface area contributed by atoms with E-state index in [1.54, 1.807) is 0 Å². The van der Waals surface area contributed by atoms with Crippen LogP contribution in [-0.4, -0.2) is 12.6 Å². The van der Waals surface area contributed by atoms with Gasteiger partial charge in [0.1, 0.15) is 0 Å². The SMILES string of the molecule is CC/C=C\C/C=C\C/C=C\CCCCCCCC(=O)OCCC(C)CCCC(C)CCCC(C)CCCC(C)C. The van der Waals surface area contributed by atoms with Crippen LogP contribution < -0.4 is 0 Å². The van der Waals surface area contributed by atoms with Crippen molar-refractivity contribution in [1.29, 1.82) is 0 Å². The number of esters is 1. The summed E-state index contributed by atoms with van der Waals surface area (Å²) in [5, 5.41) is 0. The molecule has 2 nitrogen and oxygen atoms in total. The molecule has 0 radical (unpaired) electrons. The third-order valence-electron chi connectivity index (χ3n) is 8.17. The van der Waals surface area contributed by atoms with E-state index in [-0.39, 0.29) is 5.97 Å². The number of hydrogen-bond donors (Lipinski definition) is 0. The van der Waals surface area contributed by atoms with Gasteiger partial charge >= 0.3 is 5.97 Å². The van der Waals surface area contributed by atoms with Crippen molar-refractivity contribution in [2.45, 2.75) is 170 Å². The van der Waals surface area contributed by atoms with Gasteiger partial charge in [-0.05, 0) is 68.6 Å². The number of unbranched alkanes of at least 4 members (excludes halogenated alkanes) is 5. The lowest BCUT2D eigenvalue weighted by molar-refractivity contribution is -0.144. The molecule has 0 aliphatic rings. The van der Waals surface area contributed by atoms with E-state index >= 15 is 0 Å². The molecule has 0 heterocycles. The number of ether oxygens (including phenoxy) is 1. The average molecular weight is 559 g/mol. The van der Waals surface area contributed by atoms with E-state index in [4.69, 9.17) is 4.74 Å². The Hall–Kier alpha value is -1.31. The summed E-state index contributed by atoms with van der Waals surface area (Å²) in [7, 11) is 0. The number of carbonyl (C=O) groups is 1. The van der Waals surface area contributed by atoms with Gasteiger partial charge in [0.05, 0.1) is 6.61 Å². The summed E-state index contributed by atoms with van der Waals surface area (Å²) < 4.78 is 5.52. The van der Waals surface area contributed by atoms with Gasteiger partial charge in [0.15, 0.2) is 0 Å². The fourth-order valence-electron chi connectivity index (χ4n) is 5.27. The van der Waals surface area contributed by atoms with Crippen LogP contribution >= 0.6 is 0 Å². The molecule has 0 bridgehead atoms. The van der Waals surface area contributed by atoms with Gasteiger partial charge in [-0.15, -0.1) is 0 Å². The van der Waals surface area contributed by atoms with Crippen molar-refractivity contribution >= 4 is 5.97 Å². The maximum absolute atomic E-state index is 12.1. The van der Waals surface area contributed by atoms with Gasteiger partial charge in [-0.3, -0.25) is 4.79 Å². The Bertz CT molecular complexity index is 629. The van der Waals surface area contributed by atoms with Gasteiger partial charge in [0, 0.05) is 6.42 Å². The second kappa shape index (κ2) is 29.2. The molecule has 0 fully saturated rings. The zero-order valence-electron chi connectivity index (χ0n) is 27.9. The molecule has 40 heavy (non-hydrogen) atoms. The molecule has 234 valence electrons. The van der Waals surface area contributed by atoms with Gasteiger partial charge < -0.3 is 4.74 Å². The van der Waals surface area contributed by atoms with Crippen LogP contribution in [-0.2, 0) is 9.53 Å². The normalized spacial score (nSPS) is 14.6. The smallest absolute Gasteiger partial charge is 0.305 e. The van der Waals surface area contributed by atoms with Crippen molar-refractivity contribution in [2.24, 2.45) is 23.7 Å². The lowest BCUT2D eigenvalue weighted by atomic mass is 9.91. The molecule has 0 aromatic rings. The highest BCUT2D eigenvalue weighted by molar-refractivity contribution is 5.69. The standard InChI is InChI=1S/C38H70O2/c1-7-8-9-10-11-12-13-14-15-16-17-18-19-20-21-31-38(39)40-33-32-37(6)30-24-29-36(5)28-23-27-35(4)26-22-25-34(2)3/h8-9,11-12,14-15,34-37H,7,10,13,16-33H2,1-6H3/b9-8-,12-11-,15-14-. The minimum Gasteiger partial charge on any atom is -0.466 e. The molecule has 2 heteroatoms. The zero-order valence-corrected chi connectivity index (χ0v) is 27.9. The molecule has 3 unspecified atom stereocenters. The topological polar surface area (TPSA) is 26.3 Å². The highest BCUT2D eigenvalue weighted by Crippen LogP contribution is 2.22. The molecule has 0 amide bonds. The molecule has 0 rings (SSSR count). The Labute approximate surface area is 251 Å². The van der Waals surface area contributed by atoms with Gasteiger partial charge in [-0.1, -0.05) is 155 Å². The maximum atomic E-state index is 12.1. The van der Waals surface area contributed by atoms with Gasteiger partial charge in [0.2, 0.25) is 0 Å². The molecule has 0 aromatic carbocycles. The van der Waals surface area contributed by atoms with Crippen molar-refractivity contribution in [3.63, 3.8) is 0 Å². The quantitative estimate of drug-likeness (QED) is 0.0542. The molecule has 0 aliphatic carbocycles. The summed E-state index contributed by atoms with van der Waals surface area (Å²) in [5.41, 5.74) is 0. The fourth-order valence-corrected chi connectivity index (χ4v) is 5.27. The first kappa shape index (κ1) is 38.7. The third-order valence-corrected chi connectivity index (χ3v) is 8.17. The molecular weight excluding hydrogens is 488 g/mol. The Morgan fingerprint density at radius 2 is 1.02 bits per heavy atom. The summed E-state index contributed by atoms with van der Waals surface area (Å²) in [4.78, 5) is 12.1. The monoisotopic (exact) mass is 559 g/mol. The summed E-state index contributed by atoms with van der Waals surface area (Å²) in [6, 6.07) is 0. The summed E-state index contributed by atoms with van der Waals surface area (Å²) in [6.45, 7) is 14.6. The van der Waals surface area contributed by atoms with Gasteiger partial charge in [-0.25, -0.2) is 0 Å². The van der Waals surface area contributed by atoms with Crippen LogP contribution in [0, 0.1) is 23.7 Å². The van der Waals surface area contributed by atoms with Crippen molar-refractivity contribution in [3.05, 3.63) is 36.5 Å². The lowest BCUT2D eigenvalue weighted by Gasteiger charge is -2.16. The number of rotatable bonds is 28. The second-order valence-corrected chi connectivity index (χ2v) is 13.1. The van der Waals surface area contributed by atoms with Crippen LogP contribution in [0.25, 0.3) is 0 Å². The number of carbonyl (C=O) groups excluding carboxylic acids is 1. The van der Waals surface area contributed by atoms with Crippen LogP contribution in [0.1, 0.15) is 170 Å². The molecule has 0 saturated heterocycles. The van der Waals surface area contributed by atoms with E-state index in [0.717, 1.165) is 56.3 Å². The van der Waals surface area contributed by atoms with E-state index in [1.807, 2.05) is 0 Å². The Morgan fingerprint density at radius 1 is 0.550 bits per heavy atom. The molecule has 0 aromatic heterocycles. The molecular formula is C38H70O2. The highest BCUT2D eigenvalue weighted by Gasteiger charge is 2.09. The fraction of sp³-hybridized carbons (Fsp3) is 0.816. The summed E-state index contributed by atoms with van der Waals surface area (Å²) in [6.07, 6.45) is 37.6. The van der Waals surface area contributed by atoms with Gasteiger partial charge in [-0.2, -0.15) is 0 Å². The second-order valence-electron chi connectivity index (χ2n) is 13.1. The zero-order chi connectivity index (χ0) is 29.7. The predicted molar refractivity (Wildman–Crippen MR) is 179 cm³/mol. The minimum absolute atomic E-state index is 0.000397. The minimum atomic E-state index is 0.000397. The van der Waals surface area contributed by atoms with E-state index < -0.39 is 0 Å². The van der Waals surface area contributed by atoms with Gasteiger partial charge in [0.25, 0.3) is 0 Å². The number of allylic oxidation sites excluding steroid dienone is 6. The first-order valence-electron chi connectivity index (χ1n) is 17.5. The van der Waals surface area contributed by atoms with Crippen LogP contribution in [0.15, 0.2) is 36.5 Å². The van der Waals surface area contributed by atoms with E-state index in [2.05, 4.69) is 78.0 Å². The molecule has 3 atom stereocenters. The Morgan fingerprint density at radius 3 is 1.60 bits per heavy atom. The average Bonchev–Trinajstić information content (AvgIpc) is 2.90. The maximum Gasteiger partial charge on any atom is 0.305 e. The Kier molecular flexibility index (Phi) is 28.2. The largest absolute Gasteiger partial charge is 0.466 e. The van der Waals surface area contributed by atoms with Crippen molar-refractivity contribution in [3.8, 4) is 0 Å². The van der Waals surface area contributed by atoms with Crippen molar-refractivity contribution in [1.82, 2.24) is 0 Å². The van der Waals surface area contributed by atoms with Crippen LogP contribution in [0.5, 0.6) is 0 Å². The van der Waals surface area contributed by atoms with Crippen LogP contribution in [0.4, 0.5) is 0 Å². The van der Waals surface area contributed by atoms with E-state index in [1.165, 1.54) is 83.5 Å². The predicted octanol–water partition coefficient (Wildman–Crippen LogP) is 12.6.